The number of phenols is 1. The Kier molecular flexibility index (Phi) is 4.89. The quantitative estimate of drug-likeness (QED) is 0.513. The standard InChI is InChI=1S/C24H20FN5O2/c25-15-7-8-19-18(12-15)24(29-23(28-19)16-4-1-2-6-20(16)31)30-11-9-14(13-30)21-17(22(26)32)5-3-10-27-21/h1-8,10,12,14,31H,9,11,13H2,(H2,26,32)/t14-/m1/s1. The number of halogens is 1. The van der Waals surface area contributed by atoms with Gasteiger partial charge in [-0.05, 0) is 48.9 Å². The van der Waals surface area contributed by atoms with Crippen molar-refractivity contribution in [2.24, 2.45) is 5.73 Å². The third-order valence-electron chi connectivity index (χ3n) is 5.76. The number of aromatic hydroxyl groups is 1. The van der Waals surface area contributed by atoms with Crippen LogP contribution in [-0.4, -0.2) is 39.1 Å². The summed E-state index contributed by atoms with van der Waals surface area (Å²) in [4.78, 5) is 27.6. The van der Waals surface area contributed by atoms with Gasteiger partial charge in [0, 0.05) is 30.6 Å². The molecular weight excluding hydrogens is 409 g/mol. The van der Waals surface area contributed by atoms with Crippen molar-refractivity contribution in [1.29, 1.82) is 0 Å². The van der Waals surface area contributed by atoms with Gasteiger partial charge in [-0.2, -0.15) is 0 Å². The minimum atomic E-state index is -0.511. The van der Waals surface area contributed by atoms with Gasteiger partial charge in [0.25, 0.3) is 5.91 Å². The second-order valence-electron chi connectivity index (χ2n) is 7.78. The SMILES string of the molecule is NC(=O)c1cccnc1[C@@H]1CCN(c2nc(-c3ccccc3O)nc3ccc(F)cc23)C1. The lowest BCUT2D eigenvalue weighted by molar-refractivity contribution is 0.0998. The number of fused-ring (bicyclic) bond motifs is 1. The maximum absolute atomic E-state index is 14.1. The van der Waals surface area contributed by atoms with Crippen LogP contribution in [0.4, 0.5) is 10.2 Å². The van der Waals surface area contributed by atoms with Crippen LogP contribution in [0.25, 0.3) is 22.3 Å². The average Bonchev–Trinajstić information content (AvgIpc) is 3.29. The van der Waals surface area contributed by atoms with Crippen LogP contribution in [0.2, 0.25) is 0 Å². The van der Waals surface area contributed by atoms with Crippen LogP contribution in [0.3, 0.4) is 0 Å². The maximum atomic E-state index is 14.1. The van der Waals surface area contributed by atoms with E-state index in [1.165, 1.54) is 12.1 Å². The highest BCUT2D eigenvalue weighted by Crippen LogP contribution is 2.36. The van der Waals surface area contributed by atoms with E-state index in [1.54, 1.807) is 48.7 Å². The summed E-state index contributed by atoms with van der Waals surface area (Å²) < 4.78 is 14.1. The number of carbonyl (C=O) groups is 1. The third kappa shape index (κ3) is 3.49. The Morgan fingerprint density at radius 3 is 2.78 bits per heavy atom. The van der Waals surface area contributed by atoms with E-state index in [2.05, 4.69) is 9.97 Å². The summed E-state index contributed by atoms with van der Waals surface area (Å²) in [5.74, 6) is 0.0878. The molecule has 0 radical (unpaired) electrons. The van der Waals surface area contributed by atoms with E-state index < -0.39 is 5.91 Å². The molecule has 1 aliphatic rings. The Hall–Kier alpha value is -4.07. The number of carbonyl (C=O) groups excluding carboxylic acids is 1. The second kappa shape index (κ2) is 7.88. The van der Waals surface area contributed by atoms with Crippen molar-refractivity contribution in [2.75, 3.05) is 18.0 Å². The summed E-state index contributed by atoms with van der Waals surface area (Å²) in [7, 11) is 0. The number of aromatic nitrogens is 3. The van der Waals surface area contributed by atoms with Crippen LogP contribution in [0.15, 0.2) is 60.8 Å². The zero-order valence-corrected chi connectivity index (χ0v) is 17.1. The molecule has 2 aromatic heterocycles. The van der Waals surface area contributed by atoms with Crippen molar-refractivity contribution >= 4 is 22.6 Å². The van der Waals surface area contributed by atoms with Gasteiger partial charge in [-0.1, -0.05) is 12.1 Å². The Morgan fingerprint density at radius 2 is 1.97 bits per heavy atom. The molecule has 1 amide bonds. The minimum Gasteiger partial charge on any atom is -0.507 e. The summed E-state index contributed by atoms with van der Waals surface area (Å²) >= 11 is 0. The van der Waals surface area contributed by atoms with E-state index in [4.69, 9.17) is 10.7 Å². The average molecular weight is 429 g/mol. The molecule has 160 valence electrons. The molecule has 0 spiro atoms. The molecule has 1 saturated heterocycles. The number of hydrogen-bond donors (Lipinski definition) is 2. The van der Waals surface area contributed by atoms with E-state index in [-0.39, 0.29) is 17.5 Å². The molecule has 2 aromatic carbocycles. The van der Waals surface area contributed by atoms with E-state index in [0.29, 0.717) is 52.5 Å². The number of rotatable bonds is 4. The molecule has 4 aromatic rings. The zero-order valence-electron chi connectivity index (χ0n) is 17.1. The Balaban J connectivity index is 1.59. The van der Waals surface area contributed by atoms with Gasteiger partial charge in [-0.15, -0.1) is 0 Å². The molecule has 0 saturated carbocycles. The first-order chi connectivity index (χ1) is 15.5. The van der Waals surface area contributed by atoms with E-state index in [1.807, 2.05) is 4.90 Å². The molecule has 8 heteroatoms. The van der Waals surface area contributed by atoms with Crippen LogP contribution in [-0.2, 0) is 0 Å². The van der Waals surface area contributed by atoms with E-state index in [0.717, 1.165) is 6.42 Å². The fourth-order valence-corrected chi connectivity index (χ4v) is 4.24. The van der Waals surface area contributed by atoms with Crippen molar-refractivity contribution in [1.82, 2.24) is 15.0 Å². The lowest BCUT2D eigenvalue weighted by Gasteiger charge is -2.21. The Bertz CT molecular complexity index is 1340. The zero-order chi connectivity index (χ0) is 22.2. The number of pyridine rings is 1. The molecule has 3 heterocycles. The molecule has 1 fully saturated rings. The lowest BCUT2D eigenvalue weighted by Crippen LogP contribution is -2.23. The number of anilines is 1. The van der Waals surface area contributed by atoms with Crippen molar-refractivity contribution in [2.45, 2.75) is 12.3 Å². The van der Waals surface area contributed by atoms with Crippen molar-refractivity contribution < 1.29 is 14.3 Å². The van der Waals surface area contributed by atoms with Gasteiger partial charge >= 0.3 is 0 Å². The van der Waals surface area contributed by atoms with Crippen LogP contribution in [0.5, 0.6) is 5.75 Å². The van der Waals surface area contributed by atoms with Gasteiger partial charge in [0.2, 0.25) is 0 Å². The first-order valence-corrected chi connectivity index (χ1v) is 10.3. The summed E-state index contributed by atoms with van der Waals surface area (Å²) in [5, 5.41) is 10.9. The van der Waals surface area contributed by atoms with Gasteiger partial charge in [-0.25, -0.2) is 14.4 Å². The van der Waals surface area contributed by atoms with Crippen LogP contribution >= 0.6 is 0 Å². The molecule has 3 N–H and O–H groups in total. The predicted molar refractivity (Wildman–Crippen MR) is 119 cm³/mol. The van der Waals surface area contributed by atoms with Crippen molar-refractivity contribution in [3.63, 3.8) is 0 Å². The molecule has 1 aliphatic heterocycles. The largest absolute Gasteiger partial charge is 0.507 e. The molecule has 0 unspecified atom stereocenters. The summed E-state index contributed by atoms with van der Waals surface area (Å²) in [6.07, 6.45) is 2.39. The van der Waals surface area contributed by atoms with E-state index in [9.17, 15) is 14.3 Å². The first kappa shape index (κ1) is 19.9. The molecular formula is C24H20FN5O2. The number of nitrogens with two attached hydrogens (primary N) is 1. The van der Waals surface area contributed by atoms with Crippen LogP contribution in [0.1, 0.15) is 28.4 Å². The smallest absolute Gasteiger partial charge is 0.250 e. The Morgan fingerprint density at radius 1 is 1.12 bits per heavy atom. The first-order valence-electron chi connectivity index (χ1n) is 10.3. The monoisotopic (exact) mass is 429 g/mol. The number of para-hydroxylation sites is 1. The van der Waals surface area contributed by atoms with Crippen molar-refractivity contribution in [3.05, 3.63) is 77.9 Å². The highest BCUT2D eigenvalue weighted by atomic mass is 19.1. The fourth-order valence-electron chi connectivity index (χ4n) is 4.24. The van der Waals surface area contributed by atoms with Gasteiger partial charge in [0.05, 0.1) is 22.3 Å². The third-order valence-corrected chi connectivity index (χ3v) is 5.76. The van der Waals surface area contributed by atoms with E-state index >= 15 is 0 Å². The van der Waals surface area contributed by atoms with Crippen LogP contribution < -0.4 is 10.6 Å². The summed E-state index contributed by atoms with van der Waals surface area (Å²) in [6.45, 7) is 1.18. The highest BCUT2D eigenvalue weighted by Gasteiger charge is 2.30. The van der Waals surface area contributed by atoms with Gasteiger partial charge < -0.3 is 15.7 Å². The molecule has 32 heavy (non-hydrogen) atoms. The highest BCUT2D eigenvalue weighted by molar-refractivity contribution is 5.94. The normalized spacial score (nSPS) is 15.9. The molecule has 7 nitrogen and oxygen atoms in total. The van der Waals surface area contributed by atoms with Gasteiger partial charge in [-0.3, -0.25) is 9.78 Å². The number of hydrogen-bond acceptors (Lipinski definition) is 6. The Labute approximate surface area is 183 Å². The number of amides is 1. The number of nitrogens with zero attached hydrogens (tertiary/aromatic N) is 4. The summed E-state index contributed by atoms with van der Waals surface area (Å²) in [6, 6.07) is 14.6. The second-order valence-corrected chi connectivity index (χ2v) is 7.78. The van der Waals surface area contributed by atoms with Gasteiger partial charge in [0.1, 0.15) is 17.4 Å². The molecule has 0 aliphatic carbocycles. The topological polar surface area (TPSA) is 105 Å². The molecule has 1 atom stereocenters. The predicted octanol–water partition coefficient (Wildman–Crippen LogP) is 3.63. The lowest BCUT2D eigenvalue weighted by atomic mass is 9.99. The van der Waals surface area contributed by atoms with Gasteiger partial charge in [0.15, 0.2) is 5.82 Å². The number of benzene rings is 2. The number of phenolic OH excluding ortho intramolecular Hbond substituents is 1. The van der Waals surface area contributed by atoms with Crippen LogP contribution in [0, 0.1) is 5.82 Å². The molecule has 5 rings (SSSR count). The fraction of sp³-hybridized carbons (Fsp3) is 0.167. The minimum absolute atomic E-state index is 0.0224. The number of primary amides is 1. The molecule has 0 bridgehead atoms. The maximum Gasteiger partial charge on any atom is 0.250 e. The van der Waals surface area contributed by atoms with Crippen molar-refractivity contribution in [3.8, 4) is 17.1 Å². The summed E-state index contributed by atoms with van der Waals surface area (Å²) in [5.41, 5.74) is 7.68.